The third kappa shape index (κ3) is 4.28. The number of anilines is 1. The van der Waals surface area contributed by atoms with E-state index in [9.17, 15) is 9.59 Å². The van der Waals surface area contributed by atoms with Crippen LogP contribution < -0.4 is 4.90 Å². The summed E-state index contributed by atoms with van der Waals surface area (Å²) in [6.45, 7) is 5.88. The molecule has 33 heavy (non-hydrogen) atoms. The highest BCUT2D eigenvalue weighted by Crippen LogP contribution is 2.38. The molecule has 1 aromatic carbocycles. The first-order chi connectivity index (χ1) is 15.8. The summed E-state index contributed by atoms with van der Waals surface area (Å²) in [6.07, 6.45) is 6.14. The number of carbonyl (C=O) groups is 2. The minimum atomic E-state index is 0.0171. The Labute approximate surface area is 194 Å². The van der Waals surface area contributed by atoms with Gasteiger partial charge in [0.05, 0.1) is 5.69 Å². The van der Waals surface area contributed by atoms with Crippen molar-refractivity contribution in [3.63, 3.8) is 0 Å². The highest BCUT2D eigenvalue weighted by Gasteiger charge is 2.29. The van der Waals surface area contributed by atoms with E-state index in [4.69, 9.17) is 0 Å². The van der Waals surface area contributed by atoms with Crippen molar-refractivity contribution in [2.45, 2.75) is 58.8 Å². The number of rotatable bonds is 5. The van der Waals surface area contributed by atoms with Crippen molar-refractivity contribution in [3.8, 4) is 11.4 Å². The average Bonchev–Trinajstić information content (AvgIpc) is 3.39. The van der Waals surface area contributed by atoms with Crippen LogP contribution in [0.3, 0.4) is 0 Å². The number of H-pyrrole nitrogens is 2. The zero-order chi connectivity index (χ0) is 23.2. The topological polar surface area (TPSA) is 85.1 Å². The molecular formula is C26H33N5O2. The van der Waals surface area contributed by atoms with E-state index in [-0.39, 0.29) is 11.8 Å². The first kappa shape index (κ1) is 21.7. The lowest BCUT2D eigenvalue weighted by Crippen LogP contribution is -2.38. The van der Waals surface area contributed by atoms with Gasteiger partial charge in [-0.2, -0.15) is 5.10 Å². The fourth-order valence-electron chi connectivity index (χ4n) is 5.16. The molecule has 0 spiro atoms. The van der Waals surface area contributed by atoms with Crippen LogP contribution in [0, 0.1) is 5.41 Å². The number of amides is 2. The summed E-state index contributed by atoms with van der Waals surface area (Å²) in [4.78, 5) is 31.8. The number of nitrogens with one attached hydrogen (secondary N) is 2. The van der Waals surface area contributed by atoms with Crippen molar-refractivity contribution < 1.29 is 9.59 Å². The lowest BCUT2D eigenvalue weighted by Gasteiger charge is -2.28. The number of hydrogen-bond donors (Lipinski definition) is 2. The van der Waals surface area contributed by atoms with E-state index in [1.54, 1.807) is 11.9 Å². The summed E-state index contributed by atoms with van der Waals surface area (Å²) < 4.78 is 0. The molecule has 7 nitrogen and oxygen atoms in total. The second-order valence-electron chi connectivity index (χ2n) is 10.4. The molecule has 1 aliphatic heterocycles. The summed E-state index contributed by atoms with van der Waals surface area (Å²) >= 11 is 0. The molecule has 174 valence electrons. The monoisotopic (exact) mass is 447 g/mol. The number of hydrogen-bond acceptors (Lipinski definition) is 3. The summed E-state index contributed by atoms with van der Waals surface area (Å²) in [5.74, 6) is 0.185. The van der Waals surface area contributed by atoms with E-state index in [1.807, 2.05) is 23.1 Å². The molecule has 1 fully saturated rings. The molecular weight excluding hydrogens is 414 g/mol. The number of carbonyl (C=O) groups excluding carboxylic acids is 2. The Morgan fingerprint density at radius 1 is 1.21 bits per heavy atom. The fourth-order valence-corrected chi connectivity index (χ4v) is 5.16. The summed E-state index contributed by atoms with van der Waals surface area (Å²) in [5, 5.41) is 9.00. The van der Waals surface area contributed by atoms with Crippen molar-refractivity contribution in [2.24, 2.45) is 5.41 Å². The van der Waals surface area contributed by atoms with Crippen LogP contribution in [0.15, 0.2) is 24.3 Å². The van der Waals surface area contributed by atoms with Crippen LogP contribution in [-0.4, -0.2) is 52.0 Å². The molecule has 2 aliphatic rings. The van der Waals surface area contributed by atoms with E-state index in [2.05, 4.69) is 35.1 Å². The van der Waals surface area contributed by atoms with E-state index in [0.717, 1.165) is 66.6 Å². The Morgan fingerprint density at radius 2 is 2.06 bits per heavy atom. The lowest BCUT2D eigenvalue weighted by atomic mass is 9.76. The van der Waals surface area contributed by atoms with Gasteiger partial charge in [-0.15, -0.1) is 0 Å². The highest BCUT2D eigenvalue weighted by atomic mass is 16.2. The van der Waals surface area contributed by atoms with E-state index in [1.165, 1.54) is 11.3 Å². The first-order valence-electron chi connectivity index (χ1n) is 12.0. The Hall–Kier alpha value is -3.09. The van der Waals surface area contributed by atoms with Crippen LogP contribution in [0.1, 0.15) is 57.2 Å². The second-order valence-corrected chi connectivity index (χ2v) is 10.4. The van der Waals surface area contributed by atoms with Gasteiger partial charge in [0.15, 0.2) is 0 Å². The predicted molar refractivity (Wildman–Crippen MR) is 130 cm³/mol. The highest BCUT2D eigenvalue weighted by molar-refractivity contribution is 5.96. The third-order valence-electron chi connectivity index (χ3n) is 7.30. The van der Waals surface area contributed by atoms with Gasteiger partial charge in [0.25, 0.3) is 0 Å². The number of piperidine rings is 1. The molecule has 0 unspecified atom stereocenters. The molecule has 0 saturated carbocycles. The Balaban J connectivity index is 1.32. The van der Waals surface area contributed by atoms with Gasteiger partial charge >= 0.3 is 0 Å². The van der Waals surface area contributed by atoms with Crippen LogP contribution >= 0.6 is 0 Å². The van der Waals surface area contributed by atoms with Crippen molar-refractivity contribution in [2.75, 3.05) is 25.0 Å². The zero-order valence-electron chi connectivity index (χ0n) is 19.8. The molecule has 1 saturated heterocycles. The average molecular weight is 448 g/mol. The number of fused-ring (bicyclic) bond motifs is 2. The number of aromatic nitrogens is 3. The van der Waals surface area contributed by atoms with Gasteiger partial charge in [-0.1, -0.05) is 19.9 Å². The number of nitrogens with zero attached hydrogens (tertiary/aromatic N) is 3. The van der Waals surface area contributed by atoms with Crippen molar-refractivity contribution in [3.05, 3.63) is 35.5 Å². The van der Waals surface area contributed by atoms with Gasteiger partial charge in [0.1, 0.15) is 5.69 Å². The normalized spacial score (nSPS) is 17.9. The van der Waals surface area contributed by atoms with Gasteiger partial charge in [0, 0.05) is 60.8 Å². The Bertz CT molecular complexity index is 1200. The molecule has 5 rings (SSSR count). The van der Waals surface area contributed by atoms with Crippen molar-refractivity contribution in [1.29, 1.82) is 0 Å². The maximum atomic E-state index is 12.8. The zero-order valence-corrected chi connectivity index (χ0v) is 19.8. The Morgan fingerprint density at radius 3 is 2.88 bits per heavy atom. The first-order valence-corrected chi connectivity index (χ1v) is 12.0. The molecule has 2 aromatic heterocycles. The molecule has 2 N–H and O–H groups in total. The predicted octanol–water partition coefficient (Wildman–Crippen LogP) is 4.44. The fraction of sp³-hybridized carbons (Fsp3) is 0.500. The quantitative estimate of drug-likeness (QED) is 0.606. The van der Waals surface area contributed by atoms with Crippen LogP contribution in [0.5, 0.6) is 0 Å². The van der Waals surface area contributed by atoms with Gasteiger partial charge < -0.3 is 14.8 Å². The maximum Gasteiger partial charge on any atom is 0.228 e. The number of likely N-dealkylation sites (tertiary alicyclic amines) is 1. The molecule has 0 radical (unpaired) electrons. The molecule has 0 bridgehead atoms. The van der Waals surface area contributed by atoms with Gasteiger partial charge in [-0.3, -0.25) is 14.7 Å². The third-order valence-corrected chi connectivity index (χ3v) is 7.30. The summed E-state index contributed by atoms with van der Waals surface area (Å²) in [5.41, 5.74) is 6.73. The molecule has 2 amide bonds. The van der Waals surface area contributed by atoms with Crippen molar-refractivity contribution in [1.82, 2.24) is 20.1 Å². The smallest absolute Gasteiger partial charge is 0.228 e. The van der Waals surface area contributed by atoms with Crippen LogP contribution in [0.4, 0.5) is 5.69 Å². The maximum absolute atomic E-state index is 12.8. The molecule has 3 heterocycles. The van der Waals surface area contributed by atoms with Gasteiger partial charge in [-0.25, -0.2) is 0 Å². The minimum absolute atomic E-state index is 0.0171. The molecule has 7 heteroatoms. The molecule has 1 aliphatic carbocycles. The van der Waals surface area contributed by atoms with Crippen LogP contribution in [0.2, 0.25) is 0 Å². The standard InChI is InChI=1S/C26H33N5O2/c1-26(2)11-9-19-22(16-26)28-29-25(19)21-14-17-7-8-18(15-20(17)27-21)30(3)23(32)10-13-31-12-5-4-6-24(31)33/h7-8,14-15,27H,4-6,9-13,16H2,1-3H3,(H,28,29). The molecule has 3 aromatic rings. The summed E-state index contributed by atoms with van der Waals surface area (Å²) in [6, 6.07) is 8.18. The van der Waals surface area contributed by atoms with Crippen LogP contribution in [-0.2, 0) is 22.4 Å². The molecule has 0 atom stereocenters. The number of aromatic amines is 2. The lowest BCUT2D eigenvalue weighted by molar-refractivity contribution is -0.133. The largest absolute Gasteiger partial charge is 0.353 e. The van der Waals surface area contributed by atoms with Gasteiger partial charge in [-0.05, 0) is 55.7 Å². The minimum Gasteiger partial charge on any atom is -0.353 e. The van der Waals surface area contributed by atoms with E-state index >= 15 is 0 Å². The number of benzene rings is 1. The Kier molecular flexibility index (Phi) is 5.51. The van der Waals surface area contributed by atoms with E-state index in [0.29, 0.717) is 24.8 Å². The summed E-state index contributed by atoms with van der Waals surface area (Å²) in [7, 11) is 1.80. The second kappa shape index (κ2) is 8.36. The SMILES string of the molecule is CN(C(=O)CCN1CCCCC1=O)c1ccc2cc(-c3n[nH]c4c3CCC(C)(C)C4)[nH]c2c1. The van der Waals surface area contributed by atoms with Crippen molar-refractivity contribution >= 4 is 28.4 Å². The van der Waals surface area contributed by atoms with Gasteiger partial charge in [0.2, 0.25) is 11.8 Å². The van der Waals surface area contributed by atoms with Crippen LogP contribution in [0.25, 0.3) is 22.3 Å². The van der Waals surface area contributed by atoms with E-state index < -0.39 is 0 Å².